The fourth-order valence-corrected chi connectivity index (χ4v) is 7.05. The fourth-order valence-electron chi connectivity index (χ4n) is 6.10. The average Bonchev–Trinajstić information content (AvgIpc) is 3.34. The highest BCUT2D eigenvalue weighted by molar-refractivity contribution is 9.09. The van der Waals surface area contributed by atoms with Gasteiger partial charge in [0.05, 0.1) is 17.9 Å². The Morgan fingerprint density at radius 1 is 1.26 bits per heavy atom. The Morgan fingerprint density at radius 3 is 2.68 bits per heavy atom. The number of aliphatic hydroxyl groups is 1. The molecule has 4 fully saturated rings. The van der Waals surface area contributed by atoms with Gasteiger partial charge in [0.1, 0.15) is 11.6 Å². The molecule has 31 heavy (non-hydrogen) atoms. The average molecular weight is 500 g/mol. The number of nitrogens with one attached hydrogen (secondary N) is 2. The summed E-state index contributed by atoms with van der Waals surface area (Å²) in [6, 6.07) is -0.652. The number of likely N-dealkylation sites (tertiary alicyclic amines) is 1. The molecule has 1 aliphatic carbocycles. The Labute approximate surface area is 191 Å². The van der Waals surface area contributed by atoms with Crippen molar-refractivity contribution in [2.75, 3.05) is 19.7 Å². The zero-order chi connectivity index (χ0) is 22.2. The van der Waals surface area contributed by atoms with Crippen LogP contribution in [0.5, 0.6) is 0 Å². The molecule has 3 aliphatic heterocycles. The molecule has 174 valence electrons. The summed E-state index contributed by atoms with van der Waals surface area (Å²) in [6.07, 6.45) is 6.57. The second-order valence-corrected chi connectivity index (χ2v) is 10.6. The zero-order valence-electron chi connectivity index (χ0n) is 18.1. The maximum Gasteiger partial charge on any atom is 0.246 e. The van der Waals surface area contributed by atoms with Crippen molar-refractivity contribution in [2.24, 2.45) is 11.8 Å². The normalized spacial score (nSPS) is 37.2. The molecule has 9 heteroatoms. The van der Waals surface area contributed by atoms with Crippen molar-refractivity contribution in [3.05, 3.63) is 0 Å². The lowest BCUT2D eigenvalue weighted by molar-refractivity contribution is -0.142. The van der Waals surface area contributed by atoms with Crippen LogP contribution in [0, 0.1) is 11.8 Å². The highest BCUT2D eigenvalue weighted by atomic mass is 79.9. The minimum Gasteiger partial charge on any atom is -0.396 e. The van der Waals surface area contributed by atoms with Gasteiger partial charge in [-0.3, -0.25) is 14.4 Å². The van der Waals surface area contributed by atoms with E-state index in [1.165, 1.54) is 6.42 Å². The maximum absolute atomic E-state index is 13.6. The van der Waals surface area contributed by atoms with Gasteiger partial charge in [0.2, 0.25) is 17.7 Å². The van der Waals surface area contributed by atoms with E-state index in [4.69, 9.17) is 4.74 Å². The van der Waals surface area contributed by atoms with E-state index in [0.29, 0.717) is 19.4 Å². The van der Waals surface area contributed by atoms with Gasteiger partial charge in [0, 0.05) is 30.6 Å². The van der Waals surface area contributed by atoms with Crippen LogP contribution >= 0.6 is 15.9 Å². The highest BCUT2D eigenvalue weighted by Gasteiger charge is 2.76. The number of amides is 3. The first-order valence-corrected chi connectivity index (χ1v) is 12.7. The van der Waals surface area contributed by atoms with E-state index in [1.54, 1.807) is 4.90 Å². The number of halogens is 1. The number of fused-ring (bicyclic) bond motifs is 1. The molecule has 3 unspecified atom stereocenters. The Hall–Kier alpha value is -1.19. The quantitative estimate of drug-likeness (QED) is 0.433. The Morgan fingerprint density at radius 2 is 2.00 bits per heavy atom. The van der Waals surface area contributed by atoms with Crippen molar-refractivity contribution in [1.82, 2.24) is 15.5 Å². The molecule has 0 radical (unpaired) electrons. The van der Waals surface area contributed by atoms with Crippen molar-refractivity contribution in [2.45, 2.75) is 86.9 Å². The lowest BCUT2D eigenvalue weighted by atomic mass is 9.70. The van der Waals surface area contributed by atoms with Crippen LogP contribution in [0.3, 0.4) is 0 Å². The van der Waals surface area contributed by atoms with Crippen LogP contribution in [0.2, 0.25) is 0 Å². The number of carbonyl (C=O) groups excluding carboxylic acids is 3. The minimum atomic E-state index is -1.00. The number of hydrogen-bond donors (Lipinski definition) is 3. The number of ether oxygens (including phenoxy) is 1. The van der Waals surface area contributed by atoms with E-state index in [9.17, 15) is 19.5 Å². The molecule has 8 nitrogen and oxygen atoms in total. The molecule has 6 atom stereocenters. The molecule has 3 saturated heterocycles. The minimum absolute atomic E-state index is 0.0661. The van der Waals surface area contributed by atoms with Gasteiger partial charge in [0.15, 0.2) is 0 Å². The first kappa shape index (κ1) is 23.0. The second kappa shape index (κ2) is 9.35. The molecule has 3 N–H and O–H groups in total. The third-order valence-electron chi connectivity index (χ3n) is 7.40. The molecule has 4 aliphatic rings. The molecule has 2 bridgehead atoms. The summed E-state index contributed by atoms with van der Waals surface area (Å²) in [5.41, 5.74) is -1.00. The molecule has 0 aromatic carbocycles. The monoisotopic (exact) mass is 499 g/mol. The summed E-state index contributed by atoms with van der Waals surface area (Å²) >= 11 is 3.66. The predicted octanol–water partition coefficient (Wildman–Crippen LogP) is 1.09. The molecule has 3 heterocycles. The lowest BCUT2D eigenvalue weighted by Gasteiger charge is -2.35. The van der Waals surface area contributed by atoms with Crippen LogP contribution in [0.4, 0.5) is 0 Å². The molecule has 0 aromatic heterocycles. The number of aliphatic hydroxyl groups excluding tert-OH is 1. The fraction of sp³-hybridized carbons (Fsp3) is 0.864. The summed E-state index contributed by atoms with van der Waals surface area (Å²) in [5, 5.41) is 15.5. The SMILES string of the molecule is CCCNC(=O)[C@H]1[C@H]2C(=O)N(CCCO)C(C(=O)NC3CCCCC3)C23CC(Br)[C@@H]1O3. The van der Waals surface area contributed by atoms with Gasteiger partial charge < -0.3 is 25.4 Å². The Kier molecular flexibility index (Phi) is 6.93. The first-order chi connectivity index (χ1) is 14.9. The first-order valence-electron chi connectivity index (χ1n) is 11.8. The van der Waals surface area contributed by atoms with Crippen LogP contribution in [0.15, 0.2) is 0 Å². The molecule has 4 rings (SSSR count). The van der Waals surface area contributed by atoms with Gasteiger partial charge in [-0.2, -0.15) is 0 Å². The van der Waals surface area contributed by atoms with Gasteiger partial charge in [-0.15, -0.1) is 0 Å². The number of hydrogen-bond acceptors (Lipinski definition) is 5. The molecular formula is C22H34BrN3O5. The number of carbonyl (C=O) groups is 3. The van der Waals surface area contributed by atoms with Crippen molar-refractivity contribution < 1.29 is 24.2 Å². The Bertz CT molecular complexity index is 715. The van der Waals surface area contributed by atoms with Crippen LogP contribution in [0.25, 0.3) is 0 Å². The smallest absolute Gasteiger partial charge is 0.246 e. The number of alkyl halides is 1. The van der Waals surface area contributed by atoms with Gasteiger partial charge >= 0.3 is 0 Å². The third-order valence-corrected chi connectivity index (χ3v) is 8.24. The van der Waals surface area contributed by atoms with E-state index >= 15 is 0 Å². The van der Waals surface area contributed by atoms with E-state index in [0.717, 1.165) is 32.1 Å². The van der Waals surface area contributed by atoms with E-state index < -0.39 is 29.6 Å². The van der Waals surface area contributed by atoms with Crippen LogP contribution < -0.4 is 10.6 Å². The molecular weight excluding hydrogens is 466 g/mol. The van der Waals surface area contributed by atoms with Crippen LogP contribution in [-0.2, 0) is 19.1 Å². The topological polar surface area (TPSA) is 108 Å². The van der Waals surface area contributed by atoms with Crippen LogP contribution in [-0.4, -0.2) is 76.0 Å². The van der Waals surface area contributed by atoms with Crippen molar-refractivity contribution in [3.63, 3.8) is 0 Å². The zero-order valence-corrected chi connectivity index (χ0v) is 19.7. The van der Waals surface area contributed by atoms with Gasteiger partial charge in [0.25, 0.3) is 0 Å². The summed E-state index contributed by atoms with van der Waals surface area (Å²) in [5.74, 6) is -1.83. The highest BCUT2D eigenvalue weighted by Crippen LogP contribution is 2.60. The van der Waals surface area contributed by atoms with Gasteiger partial charge in [-0.1, -0.05) is 42.1 Å². The largest absolute Gasteiger partial charge is 0.396 e. The standard InChI is InChI=1S/C22H34BrN3O5/c1-2-9-24-19(28)15-16-21(30)26(10-6-11-27)18(22(16)12-14(23)17(15)31-22)20(29)25-13-7-4-3-5-8-13/h13-18,27H,2-12H2,1H3,(H,24,28)(H,25,29)/t14?,15-,16-,17-,18?,22?/m0/s1. The summed E-state index contributed by atoms with van der Waals surface area (Å²) < 4.78 is 6.42. The Balaban J connectivity index is 1.63. The predicted molar refractivity (Wildman–Crippen MR) is 117 cm³/mol. The van der Waals surface area contributed by atoms with Gasteiger partial charge in [-0.05, 0) is 32.1 Å². The maximum atomic E-state index is 13.6. The number of nitrogens with zero attached hydrogens (tertiary/aromatic N) is 1. The lowest BCUT2D eigenvalue weighted by Crippen LogP contribution is -2.57. The van der Waals surface area contributed by atoms with Crippen LogP contribution in [0.1, 0.15) is 58.3 Å². The van der Waals surface area contributed by atoms with E-state index in [-0.39, 0.29) is 41.7 Å². The van der Waals surface area contributed by atoms with Gasteiger partial charge in [-0.25, -0.2) is 0 Å². The molecule has 1 saturated carbocycles. The van der Waals surface area contributed by atoms with E-state index in [1.807, 2.05) is 6.92 Å². The summed E-state index contributed by atoms with van der Waals surface area (Å²) in [4.78, 5) is 41.6. The molecule has 3 amide bonds. The third kappa shape index (κ3) is 3.91. The van der Waals surface area contributed by atoms with Crippen molar-refractivity contribution in [3.8, 4) is 0 Å². The summed E-state index contributed by atoms with van der Waals surface area (Å²) in [7, 11) is 0. The second-order valence-electron chi connectivity index (χ2n) is 9.41. The van der Waals surface area contributed by atoms with E-state index in [2.05, 4.69) is 26.6 Å². The molecule has 1 spiro atoms. The van der Waals surface area contributed by atoms with Crippen molar-refractivity contribution in [1.29, 1.82) is 0 Å². The molecule has 0 aromatic rings. The summed E-state index contributed by atoms with van der Waals surface area (Å²) in [6.45, 7) is 2.74. The van der Waals surface area contributed by atoms with Crippen molar-refractivity contribution >= 4 is 33.7 Å². The number of rotatable bonds is 8.